The highest BCUT2D eigenvalue weighted by atomic mass is 16.5. The Kier molecular flexibility index (Phi) is 7.29. The Morgan fingerprint density at radius 2 is 2.00 bits per heavy atom. The van der Waals surface area contributed by atoms with E-state index >= 15 is 0 Å². The van der Waals surface area contributed by atoms with E-state index in [0.29, 0.717) is 13.0 Å². The van der Waals surface area contributed by atoms with Crippen LogP contribution in [0, 0.1) is 0 Å². The van der Waals surface area contributed by atoms with Crippen LogP contribution in [0.25, 0.3) is 0 Å². The highest BCUT2D eigenvalue weighted by Gasteiger charge is 2.29. The van der Waals surface area contributed by atoms with Gasteiger partial charge < -0.3 is 20.1 Å². The molecule has 1 unspecified atom stereocenters. The summed E-state index contributed by atoms with van der Waals surface area (Å²) in [6.45, 7) is 6.99. The van der Waals surface area contributed by atoms with Gasteiger partial charge in [-0.3, -0.25) is 4.79 Å². The average molecular weight is 232 g/mol. The Hall–Kier alpha value is -0.650. The molecule has 1 atom stereocenters. The lowest BCUT2D eigenvalue weighted by Crippen LogP contribution is -2.48. The van der Waals surface area contributed by atoms with Gasteiger partial charge in [0, 0.05) is 20.2 Å². The predicted molar refractivity (Wildman–Crippen MR) is 63.2 cm³/mol. The fourth-order valence-electron chi connectivity index (χ4n) is 1.37. The van der Waals surface area contributed by atoms with Gasteiger partial charge in [-0.1, -0.05) is 6.92 Å². The van der Waals surface area contributed by atoms with Crippen LogP contribution >= 0.6 is 0 Å². The van der Waals surface area contributed by atoms with E-state index in [1.54, 1.807) is 14.0 Å². The molecule has 5 heteroatoms. The molecule has 0 amide bonds. The number of methoxy groups -OCH3 is 2. The van der Waals surface area contributed by atoms with E-state index in [0.717, 1.165) is 19.6 Å². The minimum atomic E-state index is -0.907. The molecule has 0 aromatic rings. The van der Waals surface area contributed by atoms with Crippen molar-refractivity contribution in [2.24, 2.45) is 5.73 Å². The molecule has 0 aromatic carbocycles. The lowest BCUT2D eigenvalue weighted by molar-refractivity contribution is -0.146. The third-order valence-corrected chi connectivity index (χ3v) is 2.66. The minimum Gasteiger partial charge on any atom is -0.468 e. The Balaban J connectivity index is 4.04. The van der Waals surface area contributed by atoms with E-state index in [1.165, 1.54) is 7.11 Å². The molecule has 0 radical (unpaired) electrons. The SMILES string of the molecule is CCN(CCOC)CCC(C)(N)C(=O)OC. The van der Waals surface area contributed by atoms with Gasteiger partial charge in [-0.05, 0) is 19.9 Å². The molecule has 0 fully saturated rings. The first-order valence-electron chi connectivity index (χ1n) is 5.56. The second kappa shape index (κ2) is 7.60. The molecular weight excluding hydrogens is 208 g/mol. The van der Waals surface area contributed by atoms with E-state index in [2.05, 4.69) is 16.6 Å². The maximum Gasteiger partial charge on any atom is 0.325 e. The van der Waals surface area contributed by atoms with Crippen LogP contribution in [0.15, 0.2) is 0 Å². The van der Waals surface area contributed by atoms with Crippen molar-refractivity contribution in [1.82, 2.24) is 4.90 Å². The van der Waals surface area contributed by atoms with Gasteiger partial charge in [-0.15, -0.1) is 0 Å². The first-order chi connectivity index (χ1) is 7.47. The summed E-state index contributed by atoms with van der Waals surface area (Å²) in [4.78, 5) is 13.6. The van der Waals surface area contributed by atoms with Crippen molar-refractivity contribution < 1.29 is 14.3 Å². The third-order valence-electron chi connectivity index (χ3n) is 2.66. The normalized spacial score (nSPS) is 14.9. The van der Waals surface area contributed by atoms with Crippen LogP contribution < -0.4 is 5.73 Å². The molecule has 5 nitrogen and oxygen atoms in total. The van der Waals surface area contributed by atoms with Crippen molar-refractivity contribution in [2.45, 2.75) is 25.8 Å². The van der Waals surface area contributed by atoms with Crippen molar-refractivity contribution in [1.29, 1.82) is 0 Å². The Bertz CT molecular complexity index is 207. The Morgan fingerprint density at radius 1 is 1.38 bits per heavy atom. The molecule has 0 aliphatic rings. The zero-order valence-corrected chi connectivity index (χ0v) is 10.8. The van der Waals surface area contributed by atoms with Gasteiger partial charge in [0.25, 0.3) is 0 Å². The highest BCUT2D eigenvalue weighted by molar-refractivity contribution is 5.79. The highest BCUT2D eigenvalue weighted by Crippen LogP contribution is 2.09. The van der Waals surface area contributed by atoms with Crippen LogP contribution in [0.2, 0.25) is 0 Å². The van der Waals surface area contributed by atoms with Gasteiger partial charge >= 0.3 is 5.97 Å². The average Bonchev–Trinajstić information content (AvgIpc) is 2.28. The molecule has 0 saturated carbocycles. The van der Waals surface area contributed by atoms with Crippen LogP contribution in [-0.2, 0) is 14.3 Å². The lowest BCUT2D eigenvalue weighted by Gasteiger charge is -2.26. The Labute approximate surface area is 97.9 Å². The van der Waals surface area contributed by atoms with E-state index in [1.807, 2.05) is 0 Å². The van der Waals surface area contributed by atoms with Crippen LogP contribution in [0.3, 0.4) is 0 Å². The van der Waals surface area contributed by atoms with Crippen molar-refractivity contribution in [3.63, 3.8) is 0 Å². The maximum atomic E-state index is 11.4. The number of carbonyl (C=O) groups is 1. The monoisotopic (exact) mass is 232 g/mol. The molecule has 0 saturated heterocycles. The largest absolute Gasteiger partial charge is 0.468 e. The molecule has 0 bridgehead atoms. The van der Waals surface area contributed by atoms with Crippen molar-refractivity contribution in [2.75, 3.05) is 40.5 Å². The number of nitrogens with zero attached hydrogens (tertiary/aromatic N) is 1. The second-order valence-electron chi connectivity index (χ2n) is 4.09. The van der Waals surface area contributed by atoms with Crippen molar-refractivity contribution >= 4 is 5.97 Å². The molecule has 16 heavy (non-hydrogen) atoms. The van der Waals surface area contributed by atoms with Crippen molar-refractivity contribution in [3.05, 3.63) is 0 Å². The number of nitrogens with two attached hydrogens (primary N) is 1. The molecule has 0 rings (SSSR count). The summed E-state index contributed by atoms with van der Waals surface area (Å²) in [5.74, 6) is -0.365. The van der Waals surface area contributed by atoms with Crippen LogP contribution in [0.4, 0.5) is 0 Å². The summed E-state index contributed by atoms with van der Waals surface area (Å²) >= 11 is 0. The van der Waals surface area contributed by atoms with E-state index in [9.17, 15) is 4.79 Å². The zero-order chi connectivity index (χ0) is 12.6. The third kappa shape index (κ3) is 5.44. The zero-order valence-electron chi connectivity index (χ0n) is 10.8. The van der Waals surface area contributed by atoms with Gasteiger partial charge in [0.2, 0.25) is 0 Å². The smallest absolute Gasteiger partial charge is 0.325 e. The Morgan fingerprint density at radius 3 is 2.44 bits per heavy atom. The molecular formula is C11H24N2O3. The van der Waals surface area contributed by atoms with Crippen LogP contribution in [0.1, 0.15) is 20.3 Å². The molecule has 2 N–H and O–H groups in total. The lowest BCUT2D eigenvalue weighted by atomic mass is 9.99. The molecule has 0 aliphatic heterocycles. The first-order valence-corrected chi connectivity index (χ1v) is 5.56. The molecule has 0 aromatic heterocycles. The number of rotatable bonds is 8. The van der Waals surface area contributed by atoms with E-state index < -0.39 is 5.54 Å². The van der Waals surface area contributed by atoms with Gasteiger partial charge in [-0.2, -0.15) is 0 Å². The standard InChI is InChI=1S/C11H24N2O3/c1-5-13(8-9-15-3)7-6-11(2,12)10(14)16-4/h5-9,12H2,1-4H3. The number of likely N-dealkylation sites (N-methyl/N-ethyl adjacent to an activating group) is 1. The van der Waals surface area contributed by atoms with Crippen LogP contribution in [0.5, 0.6) is 0 Å². The fourth-order valence-corrected chi connectivity index (χ4v) is 1.37. The van der Waals surface area contributed by atoms with E-state index in [-0.39, 0.29) is 5.97 Å². The molecule has 96 valence electrons. The fraction of sp³-hybridized carbons (Fsp3) is 0.909. The number of hydrogen-bond donors (Lipinski definition) is 1. The molecule has 0 spiro atoms. The van der Waals surface area contributed by atoms with E-state index in [4.69, 9.17) is 10.5 Å². The summed E-state index contributed by atoms with van der Waals surface area (Å²) in [5, 5.41) is 0. The van der Waals surface area contributed by atoms with Crippen LogP contribution in [-0.4, -0.2) is 56.9 Å². The topological polar surface area (TPSA) is 64.8 Å². The summed E-state index contributed by atoms with van der Waals surface area (Å²) in [7, 11) is 3.03. The summed E-state index contributed by atoms with van der Waals surface area (Å²) in [6.07, 6.45) is 0.581. The quantitative estimate of drug-likeness (QED) is 0.607. The molecule has 0 heterocycles. The number of hydrogen-bond acceptors (Lipinski definition) is 5. The van der Waals surface area contributed by atoms with Gasteiger partial charge in [0.05, 0.1) is 13.7 Å². The van der Waals surface area contributed by atoms with Gasteiger partial charge in [0.15, 0.2) is 0 Å². The van der Waals surface area contributed by atoms with Gasteiger partial charge in [0.1, 0.15) is 5.54 Å². The second-order valence-corrected chi connectivity index (χ2v) is 4.09. The predicted octanol–water partition coefficient (Wildman–Crippen LogP) is 0.235. The number of esters is 1. The number of ether oxygens (including phenoxy) is 2. The van der Waals surface area contributed by atoms with Gasteiger partial charge in [-0.25, -0.2) is 0 Å². The summed E-state index contributed by atoms with van der Waals surface area (Å²) < 4.78 is 9.67. The summed E-state index contributed by atoms with van der Waals surface area (Å²) in [6, 6.07) is 0. The number of carbonyl (C=O) groups excluding carboxylic acids is 1. The molecule has 0 aliphatic carbocycles. The minimum absolute atomic E-state index is 0.365. The first kappa shape index (κ1) is 15.3. The summed E-state index contributed by atoms with van der Waals surface area (Å²) in [5.41, 5.74) is 4.96. The van der Waals surface area contributed by atoms with Crippen molar-refractivity contribution in [3.8, 4) is 0 Å². The maximum absolute atomic E-state index is 11.4.